The molecule has 14 heavy (non-hydrogen) atoms. The number of halogens is 1. The second-order valence-corrected chi connectivity index (χ2v) is 3.91. The van der Waals surface area contributed by atoms with Gasteiger partial charge in [-0.25, -0.2) is 0 Å². The van der Waals surface area contributed by atoms with Crippen LogP contribution in [0, 0.1) is 6.92 Å². The van der Waals surface area contributed by atoms with Gasteiger partial charge < -0.3 is 10.3 Å². The standard InChI is InChI=1S/C11H13ClN2/c1-7-3-4-10-8(5-7)9(6-13)11(12)14(10)2/h3-5H,6,13H2,1-2H3. The summed E-state index contributed by atoms with van der Waals surface area (Å²) in [6.45, 7) is 2.56. The highest BCUT2D eigenvalue weighted by Gasteiger charge is 2.11. The van der Waals surface area contributed by atoms with Crippen LogP contribution in [0.25, 0.3) is 10.9 Å². The van der Waals surface area contributed by atoms with Gasteiger partial charge in [0.2, 0.25) is 0 Å². The van der Waals surface area contributed by atoms with Gasteiger partial charge in [0.25, 0.3) is 0 Å². The number of aryl methyl sites for hydroxylation is 2. The Hall–Kier alpha value is -0.990. The van der Waals surface area contributed by atoms with Crippen LogP contribution in [0.4, 0.5) is 0 Å². The van der Waals surface area contributed by atoms with E-state index in [1.165, 1.54) is 10.9 Å². The van der Waals surface area contributed by atoms with Gasteiger partial charge in [-0.1, -0.05) is 23.2 Å². The fourth-order valence-corrected chi connectivity index (χ4v) is 2.07. The Morgan fingerprint density at radius 1 is 1.43 bits per heavy atom. The highest BCUT2D eigenvalue weighted by molar-refractivity contribution is 6.32. The van der Waals surface area contributed by atoms with Crippen LogP contribution in [0.2, 0.25) is 5.15 Å². The molecule has 0 spiro atoms. The van der Waals surface area contributed by atoms with Crippen molar-refractivity contribution >= 4 is 22.5 Å². The van der Waals surface area contributed by atoms with Crippen LogP contribution >= 0.6 is 11.6 Å². The van der Waals surface area contributed by atoms with E-state index in [4.69, 9.17) is 17.3 Å². The van der Waals surface area contributed by atoms with Crippen molar-refractivity contribution in [2.24, 2.45) is 12.8 Å². The fourth-order valence-electron chi connectivity index (χ4n) is 1.80. The quantitative estimate of drug-likeness (QED) is 0.768. The lowest BCUT2D eigenvalue weighted by Crippen LogP contribution is -1.96. The van der Waals surface area contributed by atoms with Crippen molar-refractivity contribution in [2.45, 2.75) is 13.5 Å². The first-order chi connectivity index (χ1) is 6.65. The third kappa shape index (κ3) is 1.22. The topological polar surface area (TPSA) is 30.9 Å². The van der Waals surface area contributed by atoms with E-state index >= 15 is 0 Å². The molecule has 0 radical (unpaired) electrons. The van der Waals surface area contributed by atoms with Crippen molar-refractivity contribution in [3.63, 3.8) is 0 Å². The van der Waals surface area contributed by atoms with E-state index in [2.05, 4.69) is 25.1 Å². The minimum absolute atomic E-state index is 0.486. The number of nitrogens with zero attached hydrogens (tertiary/aromatic N) is 1. The smallest absolute Gasteiger partial charge is 0.114 e. The summed E-state index contributed by atoms with van der Waals surface area (Å²) in [5.41, 5.74) is 9.09. The Labute approximate surface area is 88.3 Å². The van der Waals surface area contributed by atoms with E-state index < -0.39 is 0 Å². The van der Waals surface area contributed by atoms with Crippen LogP contribution in [0.1, 0.15) is 11.1 Å². The predicted molar refractivity (Wildman–Crippen MR) is 60.6 cm³/mol. The number of nitrogens with two attached hydrogens (primary N) is 1. The maximum Gasteiger partial charge on any atom is 0.114 e. The molecule has 2 rings (SSSR count). The molecule has 0 aliphatic rings. The Morgan fingerprint density at radius 3 is 2.79 bits per heavy atom. The molecule has 0 atom stereocenters. The molecule has 0 saturated carbocycles. The van der Waals surface area contributed by atoms with Gasteiger partial charge in [0.15, 0.2) is 0 Å². The largest absolute Gasteiger partial charge is 0.334 e. The summed E-state index contributed by atoms with van der Waals surface area (Å²) < 4.78 is 1.97. The van der Waals surface area contributed by atoms with Crippen LogP contribution in [-0.2, 0) is 13.6 Å². The number of fused-ring (bicyclic) bond motifs is 1. The van der Waals surface area contributed by atoms with Gasteiger partial charge in [-0.05, 0) is 19.1 Å². The normalized spacial score (nSPS) is 11.1. The third-order valence-electron chi connectivity index (χ3n) is 2.59. The third-order valence-corrected chi connectivity index (χ3v) is 3.07. The molecule has 0 saturated heterocycles. The molecule has 0 amide bonds. The summed E-state index contributed by atoms with van der Waals surface area (Å²) >= 11 is 6.17. The Bertz CT molecular complexity index is 485. The highest BCUT2D eigenvalue weighted by Crippen LogP contribution is 2.29. The second-order valence-electron chi connectivity index (χ2n) is 3.55. The molecule has 3 heteroatoms. The molecule has 1 aromatic heterocycles. The molecule has 0 fully saturated rings. The molecule has 2 N–H and O–H groups in total. The van der Waals surface area contributed by atoms with Crippen LogP contribution in [0.5, 0.6) is 0 Å². The fraction of sp³-hybridized carbons (Fsp3) is 0.273. The summed E-state index contributed by atoms with van der Waals surface area (Å²) in [6.07, 6.45) is 0. The number of benzene rings is 1. The highest BCUT2D eigenvalue weighted by atomic mass is 35.5. The lowest BCUT2D eigenvalue weighted by molar-refractivity contribution is 0.949. The predicted octanol–water partition coefficient (Wildman–Crippen LogP) is 2.60. The van der Waals surface area contributed by atoms with Crippen molar-refractivity contribution in [3.8, 4) is 0 Å². The second kappa shape index (κ2) is 3.30. The van der Waals surface area contributed by atoms with Crippen LogP contribution in [-0.4, -0.2) is 4.57 Å². The molecule has 2 nitrogen and oxygen atoms in total. The summed E-state index contributed by atoms with van der Waals surface area (Å²) in [6, 6.07) is 6.29. The van der Waals surface area contributed by atoms with Crippen LogP contribution in [0.15, 0.2) is 18.2 Å². The number of aromatic nitrogens is 1. The zero-order chi connectivity index (χ0) is 10.3. The average Bonchev–Trinajstić information content (AvgIpc) is 2.39. The van der Waals surface area contributed by atoms with Crippen molar-refractivity contribution in [1.29, 1.82) is 0 Å². The average molecular weight is 209 g/mol. The van der Waals surface area contributed by atoms with Crippen molar-refractivity contribution in [1.82, 2.24) is 4.57 Å². The molecule has 0 bridgehead atoms. The first kappa shape index (κ1) is 9.56. The van der Waals surface area contributed by atoms with Crippen molar-refractivity contribution in [2.75, 3.05) is 0 Å². The Balaban J connectivity index is 2.89. The Kier molecular flexibility index (Phi) is 2.25. The first-order valence-corrected chi connectivity index (χ1v) is 4.96. The van der Waals surface area contributed by atoms with E-state index in [0.717, 1.165) is 16.2 Å². The van der Waals surface area contributed by atoms with E-state index in [1.807, 2.05) is 11.6 Å². The van der Waals surface area contributed by atoms with Gasteiger partial charge >= 0.3 is 0 Å². The molecular weight excluding hydrogens is 196 g/mol. The van der Waals surface area contributed by atoms with Gasteiger partial charge in [-0.15, -0.1) is 0 Å². The molecule has 1 heterocycles. The lowest BCUT2D eigenvalue weighted by Gasteiger charge is -1.97. The first-order valence-electron chi connectivity index (χ1n) is 4.58. The maximum absolute atomic E-state index is 6.17. The van der Waals surface area contributed by atoms with Crippen LogP contribution < -0.4 is 5.73 Å². The molecule has 0 unspecified atom stereocenters. The summed E-state index contributed by atoms with van der Waals surface area (Å²) in [5, 5.41) is 1.91. The summed E-state index contributed by atoms with van der Waals surface area (Å²) in [5.74, 6) is 0. The molecular formula is C11H13ClN2. The number of hydrogen-bond acceptors (Lipinski definition) is 1. The van der Waals surface area contributed by atoms with Gasteiger partial charge in [-0.2, -0.15) is 0 Å². The zero-order valence-electron chi connectivity index (χ0n) is 8.34. The summed E-state index contributed by atoms with van der Waals surface area (Å²) in [4.78, 5) is 0. The lowest BCUT2D eigenvalue weighted by atomic mass is 10.1. The molecule has 0 aliphatic carbocycles. The van der Waals surface area contributed by atoms with Gasteiger partial charge in [0.1, 0.15) is 5.15 Å². The monoisotopic (exact) mass is 208 g/mol. The molecule has 0 aliphatic heterocycles. The molecule has 2 aromatic rings. The van der Waals surface area contributed by atoms with Gasteiger partial charge in [0, 0.05) is 30.1 Å². The van der Waals surface area contributed by atoms with E-state index in [9.17, 15) is 0 Å². The number of rotatable bonds is 1. The maximum atomic E-state index is 6.17. The minimum atomic E-state index is 0.486. The van der Waals surface area contributed by atoms with Gasteiger partial charge in [0.05, 0.1) is 0 Å². The molecule has 74 valence electrons. The summed E-state index contributed by atoms with van der Waals surface area (Å²) in [7, 11) is 1.96. The Morgan fingerprint density at radius 2 is 2.14 bits per heavy atom. The minimum Gasteiger partial charge on any atom is -0.334 e. The molecule has 1 aromatic carbocycles. The number of hydrogen-bond donors (Lipinski definition) is 1. The van der Waals surface area contributed by atoms with Crippen LogP contribution in [0.3, 0.4) is 0 Å². The van der Waals surface area contributed by atoms with E-state index in [0.29, 0.717) is 6.54 Å². The SMILES string of the molecule is Cc1ccc2c(c1)c(CN)c(Cl)n2C. The van der Waals surface area contributed by atoms with Crippen molar-refractivity contribution < 1.29 is 0 Å². The zero-order valence-corrected chi connectivity index (χ0v) is 9.10. The van der Waals surface area contributed by atoms with E-state index in [1.54, 1.807) is 0 Å². The van der Waals surface area contributed by atoms with Gasteiger partial charge in [-0.3, -0.25) is 0 Å². The van der Waals surface area contributed by atoms with Crippen molar-refractivity contribution in [3.05, 3.63) is 34.5 Å². The van der Waals surface area contributed by atoms with E-state index in [-0.39, 0.29) is 0 Å².